The van der Waals surface area contributed by atoms with Crippen LogP contribution in [0.25, 0.3) is 11.3 Å². The normalized spacial score (nSPS) is 10.7. The quantitative estimate of drug-likeness (QED) is 0.921. The summed E-state index contributed by atoms with van der Waals surface area (Å²) in [5, 5.41) is 6.50. The van der Waals surface area contributed by atoms with Crippen molar-refractivity contribution in [2.24, 2.45) is 5.92 Å². The van der Waals surface area contributed by atoms with Crippen LogP contribution in [0, 0.1) is 11.7 Å². The molecular weight excluding hydrogens is 247 g/mol. The van der Waals surface area contributed by atoms with Crippen molar-refractivity contribution < 1.29 is 13.7 Å². The van der Waals surface area contributed by atoms with E-state index in [0.717, 1.165) is 0 Å². The van der Waals surface area contributed by atoms with Gasteiger partial charge in [-0.25, -0.2) is 4.39 Å². The van der Waals surface area contributed by atoms with Gasteiger partial charge in [-0.15, -0.1) is 0 Å². The first-order chi connectivity index (χ1) is 9.06. The highest BCUT2D eigenvalue weighted by Gasteiger charge is 2.14. The summed E-state index contributed by atoms with van der Waals surface area (Å²) in [6, 6.07) is 7.48. The van der Waals surface area contributed by atoms with E-state index in [1.165, 1.54) is 18.2 Å². The molecule has 0 bridgehead atoms. The molecule has 1 heterocycles. The third-order valence-corrected chi connectivity index (χ3v) is 2.53. The first kappa shape index (κ1) is 13.3. The standard InChI is InChI=1S/C14H15FN2O2/c1-9(2)8-16-14(18)13-7-12(17-19-13)10-4-3-5-11(15)6-10/h3-7,9H,8H2,1-2H3,(H,16,18). The molecule has 19 heavy (non-hydrogen) atoms. The lowest BCUT2D eigenvalue weighted by Gasteiger charge is -2.04. The fourth-order valence-corrected chi connectivity index (χ4v) is 1.55. The van der Waals surface area contributed by atoms with Gasteiger partial charge in [0, 0.05) is 18.2 Å². The molecule has 0 saturated carbocycles. The van der Waals surface area contributed by atoms with Gasteiger partial charge in [-0.05, 0) is 18.1 Å². The van der Waals surface area contributed by atoms with Gasteiger partial charge < -0.3 is 9.84 Å². The molecule has 100 valence electrons. The Morgan fingerprint density at radius 3 is 2.89 bits per heavy atom. The predicted octanol–water partition coefficient (Wildman–Crippen LogP) is 2.87. The molecular formula is C14H15FN2O2. The highest BCUT2D eigenvalue weighted by molar-refractivity contribution is 5.92. The molecule has 1 amide bonds. The Hall–Kier alpha value is -2.17. The minimum Gasteiger partial charge on any atom is -0.350 e. The molecule has 1 N–H and O–H groups in total. The number of carbonyl (C=O) groups is 1. The molecule has 2 aromatic rings. The van der Waals surface area contributed by atoms with E-state index in [9.17, 15) is 9.18 Å². The molecule has 0 radical (unpaired) electrons. The Kier molecular flexibility index (Phi) is 3.94. The second-order valence-corrected chi connectivity index (χ2v) is 4.69. The molecule has 5 heteroatoms. The monoisotopic (exact) mass is 262 g/mol. The number of halogens is 1. The molecule has 0 saturated heterocycles. The van der Waals surface area contributed by atoms with Crippen LogP contribution >= 0.6 is 0 Å². The summed E-state index contributed by atoms with van der Waals surface area (Å²) in [5.74, 6) is -0.190. The Morgan fingerprint density at radius 2 is 2.21 bits per heavy atom. The van der Waals surface area contributed by atoms with Crippen LogP contribution in [-0.2, 0) is 0 Å². The summed E-state index contributed by atoms with van der Waals surface area (Å²) in [7, 11) is 0. The van der Waals surface area contributed by atoms with E-state index in [1.54, 1.807) is 12.1 Å². The van der Waals surface area contributed by atoms with E-state index < -0.39 is 0 Å². The number of hydrogen-bond donors (Lipinski definition) is 1. The molecule has 0 unspecified atom stereocenters. The van der Waals surface area contributed by atoms with Crippen molar-refractivity contribution in [3.63, 3.8) is 0 Å². The van der Waals surface area contributed by atoms with Crippen molar-refractivity contribution in [3.05, 3.63) is 41.9 Å². The van der Waals surface area contributed by atoms with Crippen molar-refractivity contribution in [3.8, 4) is 11.3 Å². The van der Waals surface area contributed by atoms with Crippen molar-refractivity contribution >= 4 is 5.91 Å². The average Bonchev–Trinajstić information content (AvgIpc) is 2.85. The Morgan fingerprint density at radius 1 is 1.42 bits per heavy atom. The summed E-state index contributed by atoms with van der Waals surface area (Å²) in [5.41, 5.74) is 1.01. The topological polar surface area (TPSA) is 55.1 Å². The summed E-state index contributed by atoms with van der Waals surface area (Å²) >= 11 is 0. The fraction of sp³-hybridized carbons (Fsp3) is 0.286. The van der Waals surface area contributed by atoms with E-state index in [-0.39, 0.29) is 17.5 Å². The predicted molar refractivity (Wildman–Crippen MR) is 69.1 cm³/mol. The van der Waals surface area contributed by atoms with Gasteiger partial charge in [0.25, 0.3) is 5.91 Å². The SMILES string of the molecule is CC(C)CNC(=O)c1cc(-c2cccc(F)c2)no1. The van der Waals surface area contributed by atoms with Gasteiger partial charge in [0.15, 0.2) is 0 Å². The summed E-state index contributed by atoms with van der Waals surface area (Å²) in [4.78, 5) is 11.7. The first-order valence-corrected chi connectivity index (χ1v) is 6.07. The smallest absolute Gasteiger partial charge is 0.289 e. The van der Waals surface area contributed by atoms with E-state index in [4.69, 9.17) is 4.52 Å². The minimum absolute atomic E-state index is 0.125. The van der Waals surface area contributed by atoms with Crippen LogP contribution in [0.4, 0.5) is 4.39 Å². The highest BCUT2D eigenvalue weighted by Crippen LogP contribution is 2.19. The van der Waals surface area contributed by atoms with Crippen LogP contribution in [0.5, 0.6) is 0 Å². The maximum absolute atomic E-state index is 13.1. The molecule has 2 rings (SSSR count). The zero-order chi connectivity index (χ0) is 13.8. The lowest BCUT2D eigenvalue weighted by atomic mass is 10.1. The maximum Gasteiger partial charge on any atom is 0.289 e. The van der Waals surface area contributed by atoms with Crippen molar-refractivity contribution in [2.75, 3.05) is 6.54 Å². The molecule has 1 aromatic carbocycles. The molecule has 0 aliphatic rings. The number of hydrogen-bond acceptors (Lipinski definition) is 3. The Balaban J connectivity index is 2.13. The number of amides is 1. The van der Waals surface area contributed by atoms with E-state index >= 15 is 0 Å². The van der Waals surface area contributed by atoms with Crippen molar-refractivity contribution in [1.29, 1.82) is 0 Å². The third kappa shape index (κ3) is 3.40. The Bertz CT molecular complexity index is 578. The lowest BCUT2D eigenvalue weighted by molar-refractivity contribution is 0.0912. The molecule has 0 aliphatic carbocycles. The van der Waals surface area contributed by atoms with Gasteiger partial charge in [-0.3, -0.25) is 4.79 Å². The van der Waals surface area contributed by atoms with Gasteiger partial charge in [0.1, 0.15) is 11.5 Å². The van der Waals surface area contributed by atoms with E-state index in [2.05, 4.69) is 10.5 Å². The van der Waals surface area contributed by atoms with Gasteiger partial charge in [-0.2, -0.15) is 0 Å². The third-order valence-electron chi connectivity index (χ3n) is 2.53. The number of benzene rings is 1. The maximum atomic E-state index is 13.1. The van der Waals surface area contributed by atoms with Crippen LogP contribution in [0.2, 0.25) is 0 Å². The lowest BCUT2D eigenvalue weighted by Crippen LogP contribution is -2.26. The van der Waals surface area contributed by atoms with Gasteiger partial charge >= 0.3 is 0 Å². The number of rotatable bonds is 4. The van der Waals surface area contributed by atoms with Crippen molar-refractivity contribution in [1.82, 2.24) is 10.5 Å². The Labute approximate surface area is 110 Å². The summed E-state index contributed by atoms with van der Waals surface area (Å²) < 4.78 is 18.1. The molecule has 4 nitrogen and oxygen atoms in total. The fourth-order valence-electron chi connectivity index (χ4n) is 1.55. The second-order valence-electron chi connectivity index (χ2n) is 4.69. The van der Waals surface area contributed by atoms with Crippen LogP contribution in [0.1, 0.15) is 24.4 Å². The second kappa shape index (κ2) is 5.65. The number of aromatic nitrogens is 1. The number of nitrogens with zero attached hydrogens (tertiary/aromatic N) is 1. The molecule has 0 atom stereocenters. The highest BCUT2D eigenvalue weighted by atomic mass is 19.1. The number of nitrogens with one attached hydrogen (secondary N) is 1. The molecule has 0 fully saturated rings. The first-order valence-electron chi connectivity index (χ1n) is 6.07. The average molecular weight is 262 g/mol. The van der Waals surface area contributed by atoms with Crippen LogP contribution in [0.3, 0.4) is 0 Å². The van der Waals surface area contributed by atoms with Gasteiger partial charge in [0.05, 0.1) is 0 Å². The van der Waals surface area contributed by atoms with Crippen LogP contribution in [0.15, 0.2) is 34.9 Å². The molecule has 1 aromatic heterocycles. The zero-order valence-electron chi connectivity index (χ0n) is 10.8. The van der Waals surface area contributed by atoms with Crippen LogP contribution in [-0.4, -0.2) is 17.6 Å². The van der Waals surface area contributed by atoms with E-state index in [0.29, 0.717) is 23.7 Å². The van der Waals surface area contributed by atoms with Gasteiger partial charge in [0.2, 0.25) is 5.76 Å². The summed E-state index contributed by atoms with van der Waals surface area (Å²) in [6.45, 7) is 4.56. The van der Waals surface area contributed by atoms with E-state index in [1.807, 2.05) is 13.8 Å². The van der Waals surface area contributed by atoms with Crippen LogP contribution < -0.4 is 5.32 Å². The van der Waals surface area contributed by atoms with Gasteiger partial charge in [-0.1, -0.05) is 31.1 Å². The minimum atomic E-state index is -0.355. The molecule has 0 aliphatic heterocycles. The molecule has 0 spiro atoms. The van der Waals surface area contributed by atoms with Crippen molar-refractivity contribution in [2.45, 2.75) is 13.8 Å². The number of carbonyl (C=O) groups excluding carboxylic acids is 1. The largest absolute Gasteiger partial charge is 0.350 e. The summed E-state index contributed by atoms with van der Waals surface area (Å²) in [6.07, 6.45) is 0. The zero-order valence-corrected chi connectivity index (χ0v) is 10.8.